The van der Waals surface area contributed by atoms with Gasteiger partial charge >= 0.3 is 5.97 Å². The largest absolute Gasteiger partial charge is 0.480 e. The van der Waals surface area contributed by atoms with E-state index < -0.39 is 54.0 Å². The van der Waals surface area contributed by atoms with Crippen LogP contribution in [0.1, 0.15) is 39.7 Å². The number of benzene rings is 1. The molecule has 2 aromatic rings. The highest BCUT2D eigenvalue weighted by atomic mass is 16.4. The summed E-state index contributed by atoms with van der Waals surface area (Å²) in [4.78, 5) is 52.4. The minimum atomic E-state index is -1.52. The molecule has 11 heteroatoms. The van der Waals surface area contributed by atoms with Gasteiger partial charge in [-0.25, -0.2) is 4.79 Å². The molecule has 0 saturated carbocycles. The molecule has 0 radical (unpaired) electrons. The maximum absolute atomic E-state index is 12.7. The summed E-state index contributed by atoms with van der Waals surface area (Å²) in [5.74, 6) is -3.29. The molecule has 0 fully saturated rings. The van der Waals surface area contributed by atoms with Crippen molar-refractivity contribution < 1.29 is 29.4 Å². The summed E-state index contributed by atoms with van der Waals surface area (Å²) in [6.45, 7) is 6.38. The topological polar surface area (TPSA) is 187 Å². The van der Waals surface area contributed by atoms with Crippen molar-refractivity contribution in [3.8, 4) is 0 Å². The van der Waals surface area contributed by atoms with Gasteiger partial charge in [-0.1, -0.05) is 32.0 Å². The Morgan fingerprint density at radius 1 is 0.971 bits per heavy atom. The first-order valence-electron chi connectivity index (χ1n) is 11.5. The molecular weight excluding hydrogens is 454 g/mol. The zero-order valence-electron chi connectivity index (χ0n) is 20.4. The summed E-state index contributed by atoms with van der Waals surface area (Å²) >= 11 is 0. The standard InChI is InChI=1S/C24H35N5O6/c1-12(2)9-19(23(33)29-20(14(4)30)24(34)35)28-21(31)13(3)27-22(32)17(25)10-15-11-26-18-8-6-5-7-16(15)18/h5-8,11-14,17,19-20,26,30H,9-10,25H2,1-4H3,(H,27,32)(H,28,31)(H,29,33)(H,34,35). The number of hydrogen-bond acceptors (Lipinski definition) is 6. The number of hydrogen-bond donors (Lipinski definition) is 7. The van der Waals surface area contributed by atoms with Gasteiger partial charge in [-0.3, -0.25) is 14.4 Å². The molecule has 1 aromatic carbocycles. The number of amides is 3. The second-order valence-corrected chi connectivity index (χ2v) is 9.16. The highest BCUT2D eigenvalue weighted by molar-refractivity contribution is 5.94. The number of carboxylic acid groups (broad SMARTS) is 1. The van der Waals surface area contributed by atoms with Crippen LogP contribution in [0, 0.1) is 5.92 Å². The van der Waals surface area contributed by atoms with Crippen molar-refractivity contribution in [1.29, 1.82) is 0 Å². The third kappa shape index (κ3) is 7.79. The number of aromatic nitrogens is 1. The van der Waals surface area contributed by atoms with Crippen LogP contribution in [0.4, 0.5) is 0 Å². The van der Waals surface area contributed by atoms with Crippen molar-refractivity contribution in [1.82, 2.24) is 20.9 Å². The fourth-order valence-electron chi connectivity index (χ4n) is 3.66. The number of nitrogens with one attached hydrogen (secondary N) is 4. The van der Waals surface area contributed by atoms with Gasteiger partial charge in [-0.15, -0.1) is 0 Å². The van der Waals surface area contributed by atoms with E-state index in [0.717, 1.165) is 16.5 Å². The number of rotatable bonds is 12. The maximum atomic E-state index is 12.7. The first kappa shape index (κ1) is 27.8. The molecule has 0 aliphatic heterocycles. The molecule has 192 valence electrons. The zero-order chi connectivity index (χ0) is 26.3. The van der Waals surface area contributed by atoms with Crippen molar-refractivity contribution in [2.24, 2.45) is 11.7 Å². The first-order valence-corrected chi connectivity index (χ1v) is 11.5. The van der Waals surface area contributed by atoms with E-state index in [1.54, 1.807) is 6.20 Å². The van der Waals surface area contributed by atoms with Gasteiger partial charge in [0, 0.05) is 17.1 Å². The number of aliphatic hydroxyl groups is 1. The number of carbonyl (C=O) groups is 4. The molecule has 11 nitrogen and oxygen atoms in total. The van der Waals surface area contributed by atoms with Crippen LogP contribution in [-0.4, -0.2) is 69.2 Å². The second-order valence-electron chi connectivity index (χ2n) is 9.16. The smallest absolute Gasteiger partial charge is 0.328 e. The fraction of sp³-hybridized carbons (Fsp3) is 0.500. The summed E-state index contributed by atoms with van der Waals surface area (Å²) in [7, 11) is 0. The molecule has 0 saturated heterocycles. The quantitative estimate of drug-likeness (QED) is 0.219. The number of H-pyrrole nitrogens is 1. The predicted octanol–water partition coefficient (Wildman–Crippen LogP) is 0.0235. The van der Waals surface area contributed by atoms with Gasteiger partial charge in [0.05, 0.1) is 12.1 Å². The van der Waals surface area contributed by atoms with Gasteiger partial charge in [0.1, 0.15) is 12.1 Å². The molecule has 0 aliphatic rings. The summed E-state index contributed by atoms with van der Waals surface area (Å²) < 4.78 is 0. The van der Waals surface area contributed by atoms with Crippen molar-refractivity contribution in [3.63, 3.8) is 0 Å². The van der Waals surface area contributed by atoms with Crippen LogP contribution in [-0.2, 0) is 25.6 Å². The lowest BCUT2D eigenvalue weighted by atomic mass is 10.0. The Labute approximate surface area is 203 Å². The zero-order valence-corrected chi connectivity index (χ0v) is 20.4. The molecule has 0 bridgehead atoms. The third-order valence-electron chi connectivity index (χ3n) is 5.59. The molecule has 3 amide bonds. The number of aliphatic hydroxyl groups excluding tert-OH is 1. The van der Waals surface area contributed by atoms with E-state index in [0.29, 0.717) is 0 Å². The summed E-state index contributed by atoms with van der Waals surface area (Å²) in [6, 6.07) is 3.16. The molecule has 0 aliphatic carbocycles. The number of aromatic amines is 1. The summed E-state index contributed by atoms with van der Waals surface area (Å²) in [6.07, 6.45) is 0.951. The minimum absolute atomic E-state index is 0.00429. The molecule has 1 aromatic heterocycles. The molecule has 5 atom stereocenters. The van der Waals surface area contributed by atoms with Crippen LogP contribution in [0.25, 0.3) is 10.9 Å². The highest BCUT2D eigenvalue weighted by Crippen LogP contribution is 2.18. The van der Waals surface area contributed by atoms with Gasteiger partial charge < -0.3 is 36.9 Å². The van der Waals surface area contributed by atoms with Crippen LogP contribution in [0.3, 0.4) is 0 Å². The van der Waals surface area contributed by atoms with E-state index in [9.17, 15) is 29.4 Å². The van der Waals surface area contributed by atoms with Crippen LogP contribution in [0.15, 0.2) is 30.5 Å². The number of para-hydroxylation sites is 1. The van der Waals surface area contributed by atoms with Gasteiger partial charge in [0.15, 0.2) is 6.04 Å². The maximum Gasteiger partial charge on any atom is 0.328 e. The van der Waals surface area contributed by atoms with Crippen molar-refractivity contribution in [3.05, 3.63) is 36.0 Å². The molecule has 35 heavy (non-hydrogen) atoms. The third-order valence-corrected chi connectivity index (χ3v) is 5.59. The molecule has 5 unspecified atom stereocenters. The lowest BCUT2D eigenvalue weighted by Gasteiger charge is -2.25. The minimum Gasteiger partial charge on any atom is -0.480 e. The molecule has 1 heterocycles. The Morgan fingerprint density at radius 2 is 1.63 bits per heavy atom. The average Bonchev–Trinajstić information content (AvgIpc) is 3.18. The van der Waals surface area contributed by atoms with Crippen molar-refractivity contribution >= 4 is 34.6 Å². The van der Waals surface area contributed by atoms with E-state index in [1.807, 2.05) is 38.1 Å². The molecule has 8 N–H and O–H groups in total. The lowest BCUT2D eigenvalue weighted by Crippen LogP contribution is -2.58. The van der Waals surface area contributed by atoms with Crippen LogP contribution in [0.2, 0.25) is 0 Å². The first-order chi connectivity index (χ1) is 16.4. The van der Waals surface area contributed by atoms with E-state index in [1.165, 1.54) is 13.8 Å². The molecule has 0 spiro atoms. The fourth-order valence-corrected chi connectivity index (χ4v) is 3.66. The van der Waals surface area contributed by atoms with Gasteiger partial charge in [0.2, 0.25) is 17.7 Å². The Balaban J connectivity index is 1.99. The van der Waals surface area contributed by atoms with E-state index in [2.05, 4.69) is 20.9 Å². The molecular formula is C24H35N5O6. The highest BCUT2D eigenvalue weighted by Gasteiger charge is 2.31. The number of carboxylic acids is 1. The van der Waals surface area contributed by atoms with E-state index >= 15 is 0 Å². The monoisotopic (exact) mass is 489 g/mol. The lowest BCUT2D eigenvalue weighted by molar-refractivity contribution is -0.145. The number of nitrogens with two attached hydrogens (primary N) is 1. The number of aliphatic carboxylic acids is 1. The normalized spacial score (nSPS) is 15.6. The predicted molar refractivity (Wildman–Crippen MR) is 130 cm³/mol. The van der Waals surface area contributed by atoms with Crippen LogP contribution < -0.4 is 21.7 Å². The summed E-state index contributed by atoms with van der Waals surface area (Å²) in [5, 5.41) is 27.2. The van der Waals surface area contributed by atoms with Gasteiger partial charge in [-0.05, 0) is 44.2 Å². The number of carbonyl (C=O) groups excluding carboxylic acids is 3. The van der Waals surface area contributed by atoms with E-state index in [4.69, 9.17) is 5.73 Å². The van der Waals surface area contributed by atoms with Crippen molar-refractivity contribution in [2.45, 2.75) is 70.8 Å². The van der Waals surface area contributed by atoms with Crippen LogP contribution in [0.5, 0.6) is 0 Å². The number of fused-ring (bicyclic) bond motifs is 1. The Bertz CT molecular complexity index is 1050. The SMILES string of the molecule is CC(C)CC(NC(=O)C(C)NC(=O)C(N)Cc1c[nH]c2ccccc12)C(=O)NC(C(=O)O)C(C)O. The van der Waals surface area contributed by atoms with Gasteiger partial charge in [-0.2, -0.15) is 0 Å². The molecule has 2 rings (SSSR count). The van der Waals surface area contributed by atoms with E-state index in [-0.39, 0.29) is 18.8 Å². The Hall–Kier alpha value is -3.44. The Morgan fingerprint density at radius 3 is 2.23 bits per heavy atom. The average molecular weight is 490 g/mol. The van der Waals surface area contributed by atoms with Crippen molar-refractivity contribution in [2.75, 3.05) is 0 Å². The Kier molecular flexibility index (Phi) is 9.78. The summed E-state index contributed by atoms with van der Waals surface area (Å²) in [5.41, 5.74) is 7.88. The van der Waals surface area contributed by atoms with Crippen LogP contribution >= 0.6 is 0 Å². The second kappa shape index (κ2) is 12.3. The van der Waals surface area contributed by atoms with Gasteiger partial charge in [0.25, 0.3) is 0 Å².